The van der Waals surface area contributed by atoms with Gasteiger partial charge in [-0.2, -0.15) is 0 Å². The molecule has 2 aromatic rings. The van der Waals surface area contributed by atoms with Gasteiger partial charge in [0.05, 0.1) is 28.0 Å². The molecule has 0 radical (unpaired) electrons. The minimum atomic E-state index is 0.165. The second kappa shape index (κ2) is 5.25. The van der Waals surface area contributed by atoms with Crippen LogP contribution in [0.5, 0.6) is 0 Å². The van der Waals surface area contributed by atoms with Crippen molar-refractivity contribution in [2.45, 2.75) is 19.9 Å². The van der Waals surface area contributed by atoms with Gasteiger partial charge in [0.1, 0.15) is 0 Å². The van der Waals surface area contributed by atoms with E-state index in [0.717, 1.165) is 11.4 Å². The zero-order valence-corrected chi connectivity index (χ0v) is 11.8. The minimum absolute atomic E-state index is 0.165. The Morgan fingerprint density at radius 3 is 2.76 bits per heavy atom. The molecule has 0 aliphatic rings. The van der Waals surface area contributed by atoms with Gasteiger partial charge < -0.3 is 5.32 Å². The molecule has 0 aliphatic carbocycles. The number of aryl methyl sites for hydroxylation is 1. The third-order valence-electron chi connectivity index (χ3n) is 2.48. The predicted octanol–water partition coefficient (Wildman–Crippen LogP) is 4.93. The topological polar surface area (TPSA) is 24.9 Å². The second-order valence-corrected chi connectivity index (χ2v) is 5.52. The number of aromatic nitrogens is 1. The molecule has 90 valence electrons. The Bertz CT molecular complexity index is 525. The minimum Gasteiger partial charge on any atom is -0.376 e. The number of nitrogens with zero attached hydrogens (tertiary/aromatic N) is 1. The molecule has 1 heterocycles. The van der Waals surface area contributed by atoms with Crippen molar-refractivity contribution in [3.8, 4) is 0 Å². The lowest BCUT2D eigenvalue weighted by Gasteiger charge is -2.15. The number of benzene rings is 1. The van der Waals surface area contributed by atoms with E-state index in [1.807, 2.05) is 18.5 Å². The van der Waals surface area contributed by atoms with Crippen molar-refractivity contribution in [2.24, 2.45) is 0 Å². The lowest BCUT2D eigenvalue weighted by Crippen LogP contribution is -2.06. The molecule has 1 aromatic heterocycles. The summed E-state index contributed by atoms with van der Waals surface area (Å²) in [6.07, 6.45) is 0. The van der Waals surface area contributed by atoms with Crippen LogP contribution in [0.1, 0.15) is 23.5 Å². The van der Waals surface area contributed by atoms with Crippen LogP contribution < -0.4 is 5.32 Å². The van der Waals surface area contributed by atoms with Gasteiger partial charge in [0, 0.05) is 9.90 Å². The quantitative estimate of drug-likeness (QED) is 0.865. The Kier molecular flexibility index (Phi) is 3.92. The van der Waals surface area contributed by atoms with Crippen LogP contribution in [-0.4, -0.2) is 4.98 Å². The van der Waals surface area contributed by atoms with Crippen molar-refractivity contribution in [2.75, 3.05) is 5.32 Å². The lowest BCUT2D eigenvalue weighted by molar-refractivity contribution is 0.890. The number of rotatable bonds is 3. The third kappa shape index (κ3) is 2.92. The van der Waals surface area contributed by atoms with Crippen LogP contribution in [0.15, 0.2) is 23.7 Å². The Balaban J connectivity index is 2.21. The highest BCUT2D eigenvalue weighted by atomic mass is 35.5. The van der Waals surface area contributed by atoms with Gasteiger partial charge in [-0.25, -0.2) is 4.98 Å². The van der Waals surface area contributed by atoms with Gasteiger partial charge in [0.25, 0.3) is 0 Å². The Morgan fingerprint density at radius 1 is 1.35 bits per heavy atom. The summed E-state index contributed by atoms with van der Waals surface area (Å²) < 4.78 is 0. The number of nitrogens with one attached hydrogen (secondary N) is 1. The molecule has 0 saturated carbocycles. The Labute approximate surface area is 115 Å². The van der Waals surface area contributed by atoms with Crippen LogP contribution in [0.25, 0.3) is 0 Å². The highest BCUT2D eigenvalue weighted by Crippen LogP contribution is 2.30. The van der Waals surface area contributed by atoms with E-state index in [0.29, 0.717) is 10.0 Å². The van der Waals surface area contributed by atoms with E-state index in [1.165, 1.54) is 4.88 Å². The maximum absolute atomic E-state index is 6.11. The van der Waals surface area contributed by atoms with Crippen LogP contribution in [0.3, 0.4) is 0 Å². The van der Waals surface area contributed by atoms with Gasteiger partial charge in [-0.05, 0) is 32.0 Å². The van der Waals surface area contributed by atoms with Crippen LogP contribution >= 0.6 is 34.5 Å². The van der Waals surface area contributed by atoms with Gasteiger partial charge in [0.2, 0.25) is 0 Å². The van der Waals surface area contributed by atoms with E-state index in [-0.39, 0.29) is 6.04 Å². The average Bonchev–Trinajstić information content (AvgIpc) is 2.70. The monoisotopic (exact) mass is 286 g/mol. The molecule has 1 atom stereocenters. The van der Waals surface area contributed by atoms with E-state index >= 15 is 0 Å². The summed E-state index contributed by atoms with van der Waals surface area (Å²) in [5, 5.41) is 4.69. The number of halogens is 2. The van der Waals surface area contributed by atoms with E-state index in [1.54, 1.807) is 23.5 Å². The molecule has 5 heteroatoms. The fraction of sp³-hybridized carbons (Fsp3) is 0.250. The summed E-state index contributed by atoms with van der Waals surface area (Å²) in [5.74, 6) is 0. The maximum Gasteiger partial charge on any atom is 0.0798 e. The molecule has 0 amide bonds. The molecule has 2 nitrogen and oxygen atoms in total. The SMILES string of the molecule is Cc1ncsc1C(C)Nc1cc(Cl)ccc1Cl. The number of anilines is 1. The maximum atomic E-state index is 6.11. The van der Waals surface area contributed by atoms with Gasteiger partial charge in [0.15, 0.2) is 0 Å². The molecule has 1 aromatic carbocycles. The number of hydrogen-bond donors (Lipinski definition) is 1. The molecule has 0 spiro atoms. The molecule has 0 aliphatic heterocycles. The second-order valence-electron chi connectivity index (χ2n) is 3.79. The first-order valence-corrected chi connectivity index (χ1v) is 6.83. The zero-order chi connectivity index (χ0) is 12.4. The highest BCUT2D eigenvalue weighted by Gasteiger charge is 2.12. The van der Waals surface area contributed by atoms with Gasteiger partial charge in [-0.3, -0.25) is 0 Å². The summed E-state index contributed by atoms with van der Waals surface area (Å²) in [6.45, 7) is 4.08. The third-order valence-corrected chi connectivity index (χ3v) is 4.15. The van der Waals surface area contributed by atoms with Crippen molar-refractivity contribution >= 4 is 40.2 Å². The van der Waals surface area contributed by atoms with Crippen LogP contribution in [-0.2, 0) is 0 Å². The lowest BCUT2D eigenvalue weighted by atomic mass is 10.2. The normalized spacial score (nSPS) is 12.5. The molecule has 2 rings (SSSR count). The molecule has 1 unspecified atom stereocenters. The molecule has 0 saturated heterocycles. The van der Waals surface area contributed by atoms with Crippen LogP contribution in [0.4, 0.5) is 5.69 Å². The van der Waals surface area contributed by atoms with Crippen molar-refractivity contribution in [1.29, 1.82) is 0 Å². The Hall–Kier alpha value is -0.770. The predicted molar refractivity (Wildman–Crippen MR) is 75.4 cm³/mol. The van der Waals surface area contributed by atoms with Crippen LogP contribution in [0.2, 0.25) is 10.0 Å². The highest BCUT2D eigenvalue weighted by molar-refractivity contribution is 7.09. The molecule has 0 bridgehead atoms. The first kappa shape index (κ1) is 12.7. The van der Waals surface area contributed by atoms with E-state index in [4.69, 9.17) is 23.2 Å². The largest absolute Gasteiger partial charge is 0.376 e. The number of hydrogen-bond acceptors (Lipinski definition) is 3. The van der Waals surface area contributed by atoms with E-state index < -0.39 is 0 Å². The van der Waals surface area contributed by atoms with Gasteiger partial charge in [-0.1, -0.05) is 23.2 Å². The van der Waals surface area contributed by atoms with Gasteiger partial charge >= 0.3 is 0 Å². The Morgan fingerprint density at radius 2 is 2.12 bits per heavy atom. The molecule has 17 heavy (non-hydrogen) atoms. The summed E-state index contributed by atoms with van der Waals surface area (Å²) in [4.78, 5) is 5.45. The average molecular weight is 287 g/mol. The van der Waals surface area contributed by atoms with E-state index in [2.05, 4.69) is 17.2 Å². The number of thiazole rings is 1. The smallest absolute Gasteiger partial charge is 0.0798 e. The molecule has 0 fully saturated rings. The first-order chi connectivity index (χ1) is 8.08. The van der Waals surface area contributed by atoms with E-state index in [9.17, 15) is 0 Å². The molecular weight excluding hydrogens is 275 g/mol. The molecular formula is C12H12Cl2N2S. The van der Waals surface area contributed by atoms with Crippen molar-refractivity contribution in [3.05, 3.63) is 44.3 Å². The summed E-state index contributed by atoms with van der Waals surface area (Å²) >= 11 is 13.7. The summed E-state index contributed by atoms with van der Waals surface area (Å²) in [5.41, 5.74) is 3.75. The van der Waals surface area contributed by atoms with Crippen molar-refractivity contribution in [1.82, 2.24) is 4.98 Å². The summed E-state index contributed by atoms with van der Waals surface area (Å²) in [7, 11) is 0. The zero-order valence-electron chi connectivity index (χ0n) is 9.50. The standard InChI is InChI=1S/C12H12Cl2N2S/c1-7-12(17-6-15-7)8(2)16-11-5-9(13)3-4-10(11)14/h3-6,8,16H,1-2H3. The van der Waals surface area contributed by atoms with Crippen molar-refractivity contribution in [3.63, 3.8) is 0 Å². The first-order valence-electron chi connectivity index (χ1n) is 5.19. The molecule has 1 N–H and O–H groups in total. The van der Waals surface area contributed by atoms with Gasteiger partial charge in [-0.15, -0.1) is 11.3 Å². The summed E-state index contributed by atoms with van der Waals surface area (Å²) in [6, 6.07) is 5.56. The fourth-order valence-corrected chi connectivity index (χ4v) is 2.79. The van der Waals surface area contributed by atoms with Crippen LogP contribution in [0, 0.1) is 6.92 Å². The van der Waals surface area contributed by atoms with Crippen molar-refractivity contribution < 1.29 is 0 Å². The fourth-order valence-electron chi connectivity index (χ4n) is 1.63.